The Balaban J connectivity index is 3.89. The van der Waals surface area contributed by atoms with E-state index in [0.29, 0.717) is 0 Å². The van der Waals surface area contributed by atoms with Crippen LogP contribution >= 0.6 is 0 Å². The lowest BCUT2D eigenvalue weighted by Gasteiger charge is -2.04. The van der Waals surface area contributed by atoms with Gasteiger partial charge in [0.2, 0.25) is 0 Å². The van der Waals surface area contributed by atoms with Gasteiger partial charge >= 0.3 is 10.4 Å². The van der Waals surface area contributed by atoms with Crippen LogP contribution in [-0.4, -0.2) is 26.4 Å². The quantitative estimate of drug-likeness (QED) is 0.582. The van der Waals surface area contributed by atoms with E-state index in [1.165, 1.54) is 13.8 Å². The van der Waals surface area contributed by atoms with Gasteiger partial charge in [-0.3, -0.25) is 0 Å². The maximum Gasteiger partial charge on any atom is 0.402 e. The predicted molar refractivity (Wildman–Crippen MR) is 33.3 cm³/mol. The maximum absolute atomic E-state index is 10.4. The van der Waals surface area contributed by atoms with Gasteiger partial charge in [-0.1, -0.05) is 0 Å². The van der Waals surface area contributed by atoms with Gasteiger partial charge in [-0.25, -0.2) is 8.37 Å². The Morgan fingerprint density at radius 1 is 1.60 bits per heavy atom. The van der Waals surface area contributed by atoms with Gasteiger partial charge in [0.15, 0.2) is 6.29 Å². The molecule has 0 aliphatic carbocycles. The van der Waals surface area contributed by atoms with Crippen molar-refractivity contribution < 1.29 is 21.9 Å². The molecule has 0 aromatic rings. The normalized spacial score (nSPS) is 15.1. The molecule has 0 rings (SSSR count). The molecule has 0 heterocycles. The van der Waals surface area contributed by atoms with Crippen molar-refractivity contribution in [3.63, 3.8) is 0 Å². The zero-order valence-electron chi connectivity index (χ0n) is 5.77. The summed E-state index contributed by atoms with van der Waals surface area (Å²) in [5, 5.41) is 8.43. The molecule has 1 atom stereocenters. The molecule has 0 fully saturated rings. The summed E-state index contributed by atoms with van der Waals surface area (Å²) < 4.78 is 29.0. The summed E-state index contributed by atoms with van der Waals surface area (Å²) in [6, 6.07) is 0. The topological polar surface area (TPSA) is 72.8 Å². The summed E-state index contributed by atoms with van der Waals surface area (Å²) >= 11 is 0. The van der Waals surface area contributed by atoms with Crippen molar-refractivity contribution in [2.24, 2.45) is 0 Å². The number of aliphatic hydroxyl groups is 1. The van der Waals surface area contributed by atoms with E-state index in [-0.39, 0.29) is 6.61 Å². The smallest absolute Gasteiger partial charge is 0.367 e. The van der Waals surface area contributed by atoms with Crippen molar-refractivity contribution in [3.05, 3.63) is 0 Å². The molecule has 0 saturated carbocycles. The molecule has 10 heavy (non-hydrogen) atoms. The van der Waals surface area contributed by atoms with Crippen LogP contribution in [0, 0.1) is 0 Å². The molecule has 6 heteroatoms. The molecule has 0 saturated heterocycles. The standard InChI is InChI=1S/C4H10O5S/c1-3-8-10(6,7)9-4(2)5/h4-5H,3H2,1-2H3. The van der Waals surface area contributed by atoms with Crippen LogP contribution in [0.15, 0.2) is 0 Å². The zero-order chi connectivity index (χ0) is 8.20. The Bertz CT molecular complexity index is 170. The van der Waals surface area contributed by atoms with E-state index in [0.717, 1.165) is 0 Å². The van der Waals surface area contributed by atoms with Crippen LogP contribution in [0.25, 0.3) is 0 Å². The van der Waals surface area contributed by atoms with E-state index in [2.05, 4.69) is 8.37 Å². The summed E-state index contributed by atoms with van der Waals surface area (Å²) in [5.74, 6) is 0. The van der Waals surface area contributed by atoms with Crippen molar-refractivity contribution in [2.75, 3.05) is 6.61 Å². The lowest BCUT2D eigenvalue weighted by molar-refractivity contribution is -0.00702. The predicted octanol–water partition coefficient (Wildman–Crippen LogP) is -0.377. The molecule has 0 aliphatic heterocycles. The highest BCUT2D eigenvalue weighted by Crippen LogP contribution is 1.98. The molecule has 5 nitrogen and oxygen atoms in total. The molecule has 0 bridgehead atoms. The molecular weight excluding hydrogens is 160 g/mol. The van der Waals surface area contributed by atoms with Gasteiger partial charge < -0.3 is 5.11 Å². The Morgan fingerprint density at radius 2 is 2.10 bits per heavy atom. The molecule has 0 radical (unpaired) electrons. The first-order chi connectivity index (χ1) is 4.48. The summed E-state index contributed by atoms with van der Waals surface area (Å²) in [6.07, 6.45) is -1.36. The highest BCUT2D eigenvalue weighted by molar-refractivity contribution is 7.81. The second-order valence-corrected chi connectivity index (χ2v) is 2.75. The Kier molecular flexibility index (Phi) is 3.80. The van der Waals surface area contributed by atoms with E-state index in [1.54, 1.807) is 0 Å². The molecule has 1 N–H and O–H groups in total. The van der Waals surface area contributed by atoms with Crippen LogP contribution in [0.1, 0.15) is 13.8 Å². The Labute approximate surface area is 59.9 Å². The number of hydrogen-bond donors (Lipinski definition) is 1. The summed E-state index contributed by atoms with van der Waals surface area (Å²) in [5.41, 5.74) is 0. The minimum absolute atomic E-state index is 0.00491. The van der Waals surface area contributed by atoms with Gasteiger partial charge in [0.05, 0.1) is 6.61 Å². The van der Waals surface area contributed by atoms with Crippen LogP contribution in [-0.2, 0) is 18.8 Å². The minimum Gasteiger partial charge on any atom is -0.367 e. The second-order valence-electron chi connectivity index (χ2n) is 1.51. The Morgan fingerprint density at radius 3 is 2.40 bits per heavy atom. The van der Waals surface area contributed by atoms with E-state index >= 15 is 0 Å². The van der Waals surface area contributed by atoms with E-state index in [4.69, 9.17) is 5.11 Å². The monoisotopic (exact) mass is 170 g/mol. The van der Waals surface area contributed by atoms with E-state index in [9.17, 15) is 8.42 Å². The average molecular weight is 170 g/mol. The molecule has 0 amide bonds. The van der Waals surface area contributed by atoms with Crippen molar-refractivity contribution in [1.29, 1.82) is 0 Å². The molecule has 1 unspecified atom stereocenters. The van der Waals surface area contributed by atoms with Crippen LogP contribution in [0.3, 0.4) is 0 Å². The first-order valence-electron chi connectivity index (χ1n) is 2.73. The Hall–Kier alpha value is -0.170. The first kappa shape index (κ1) is 9.83. The number of rotatable bonds is 4. The summed E-state index contributed by atoms with van der Waals surface area (Å²) in [6.45, 7) is 2.68. The summed E-state index contributed by atoms with van der Waals surface area (Å²) in [7, 11) is -3.98. The highest BCUT2D eigenvalue weighted by atomic mass is 32.3. The maximum atomic E-state index is 10.4. The van der Waals surface area contributed by atoms with Crippen LogP contribution < -0.4 is 0 Å². The fourth-order valence-electron chi connectivity index (χ4n) is 0.343. The van der Waals surface area contributed by atoms with Gasteiger partial charge in [0.25, 0.3) is 0 Å². The highest BCUT2D eigenvalue weighted by Gasteiger charge is 2.13. The van der Waals surface area contributed by atoms with Gasteiger partial charge in [0, 0.05) is 0 Å². The van der Waals surface area contributed by atoms with E-state index in [1.807, 2.05) is 0 Å². The third kappa shape index (κ3) is 4.68. The third-order valence-electron chi connectivity index (χ3n) is 0.519. The second kappa shape index (κ2) is 3.87. The third-order valence-corrected chi connectivity index (χ3v) is 1.56. The van der Waals surface area contributed by atoms with Crippen LogP contribution in [0.4, 0.5) is 0 Å². The van der Waals surface area contributed by atoms with Crippen molar-refractivity contribution in [3.8, 4) is 0 Å². The molecule has 0 aromatic carbocycles. The largest absolute Gasteiger partial charge is 0.402 e. The molecular formula is C4H10O5S. The molecule has 0 spiro atoms. The summed E-state index contributed by atoms with van der Waals surface area (Å²) in [4.78, 5) is 0. The average Bonchev–Trinajstić information content (AvgIpc) is 1.59. The SMILES string of the molecule is CCOS(=O)(=O)OC(C)O. The van der Waals surface area contributed by atoms with Gasteiger partial charge in [-0.05, 0) is 13.8 Å². The fraction of sp³-hybridized carbons (Fsp3) is 1.00. The van der Waals surface area contributed by atoms with Gasteiger partial charge in [-0.15, -0.1) is 0 Å². The minimum atomic E-state index is -3.98. The lowest BCUT2D eigenvalue weighted by Crippen LogP contribution is -2.16. The van der Waals surface area contributed by atoms with Crippen LogP contribution in [0.5, 0.6) is 0 Å². The zero-order valence-corrected chi connectivity index (χ0v) is 6.59. The first-order valence-corrected chi connectivity index (χ1v) is 4.07. The lowest BCUT2D eigenvalue weighted by atomic mass is 10.8. The van der Waals surface area contributed by atoms with Crippen LogP contribution in [0.2, 0.25) is 0 Å². The van der Waals surface area contributed by atoms with Crippen molar-refractivity contribution in [1.82, 2.24) is 0 Å². The fourth-order valence-corrected chi connectivity index (χ4v) is 1.03. The van der Waals surface area contributed by atoms with E-state index < -0.39 is 16.7 Å². The molecule has 0 aliphatic rings. The molecule has 62 valence electrons. The molecule has 0 aromatic heterocycles. The van der Waals surface area contributed by atoms with Crippen molar-refractivity contribution >= 4 is 10.4 Å². The van der Waals surface area contributed by atoms with Gasteiger partial charge in [-0.2, -0.15) is 8.42 Å². The van der Waals surface area contributed by atoms with Gasteiger partial charge in [0.1, 0.15) is 0 Å². The van der Waals surface area contributed by atoms with Crippen molar-refractivity contribution in [2.45, 2.75) is 20.1 Å². The number of aliphatic hydroxyl groups excluding tert-OH is 1. The number of hydrogen-bond acceptors (Lipinski definition) is 5.